The van der Waals surface area contributed by atoms with Crippen LogP contribution in [0.5, 0.6) is 5.75 Å². The highest BCUT2D eigenvalue weighted by Gasteiger charge is 2.01. The van der Waals surface area contributed by atoms with Crippen LogP contribution in [0.3, 0.4) is 0 Å². The van der Waals surface area contributed by atoms with E-state index in [0.717, 1.165) is 16.5 Å². The number of halogens is 1. The lowest BCUT2D eigenvalue weighted by Crippen LogP contribution is -2.03. The molecule has 0 atom stereocenters. The molecule has 0 aliphatic carbocycles. The lowest BCUT2D eigenvalue weighted by Gasteiger charge is -2.03. The molecule has 1 N–H and O–H groups in total. The van der Waals surface area contributed by atoms with Crippen LogP contribution < -0.4 is 10.3 Å². The van der Waals surface area contributed by atoms with E-state index in [-0.39, 0.29) is 5.56 Å². The van der Waals surface area contributed by atoms with Crippen LogP contribution in [0.2, 0.25) is 0 Å². The predicted molar refractivity (Wildman–Crippen MR) is 58.8 cm³/mol. The highest BCUT2D eigenvalue weighted by molar-refractivity contribution is 9.10. The van der Waals surface area contributed by atoms with Crippen molar-refractivity contribution < 1.29 is 4.74 Å². The van der Waals surface area contributed by atoms with Crippen molar-refractivity contribution >= 4 is 26.7 Å². The van der Waals surface area contributed by atoms with Crippen LogP contribution in [0.4, 0.5) is 0 Å². The van der Waals surface area contributed by atoms with E-state index in [9.17, 15) is 4.79 Å². The zero-order valence-electron chi connectivity index (χ0n) is 7.50. The van der Waals surface area contributed by atoms with Gasteiger partial charge in [-0.05, 0) is 33.4 Å². The maximum Gasteiger partial charge on any atom is 0.249 e. The van der Waals surface area contributed by atoms with E-state index in [1.165, 1.54) is 0 Å². The van der Waals surface area contributed by atoms with Crippen LogP contribution in [0.25, 0.3) is 10.8 Å². The lowest BCUT2D eigenvalue weighted by molar-refractivity contribution is 0.415. The van der Waals surface area contributed by atoms with Crippen molar-refractivity contribution in [3.8, 4) is 5.75 Å². The van der Waals surface area contributed by atoms with Crippen LogP contribution in [0.15, 0.2) is 33.7 Å². The molecule has 0 spiro atoms. The number of methoxy groups -OCH3 is 1. The summed E-state index contributed by atoms with van der Waals surface area (Å²) in [6, 6.07) is 7.11. The van der Waals surface area contributed by atoms with Crippen molar-refractivity contribution in [2.24, 2.45) is 0 Å². The third-order valence-corrected chi connectivity index (χ3v) is 2.64. The Bertz CT molecular complexity index is 533. The molecule has 72 valence electrons. The number of rotatable bonds is 1. The number of aromatic nitrogens is 1. The normalized spacial score (nSPS) is 10.4. The average Bonchev–Trinajstić information content (AvgIpc) is 2.17. The van der Waals surface area contributed by atoms with Gasteiger partial charge < -0.3 is 9.72 Å². The first kappa shape index (κ1) is 9.27. The summed E-state index contributed by atoms with van der Waals surface area (Å²) in [6.07, 6.45) is 0. The van der Waals surface area contributed by atoms with E-state index in [0.29, 0.717) is 4.60 Å². The second-order valence-corrected chi connectivity index (χ2v) is 3.69. The minimum atomic E-state index is -0.116. The van der Waals surface area contributed by atoms with Gasteiger partial charge in [0.2, 0.25) is 5.56 Å². The Kier molecular flexibility index (Phi) is 2.29. The average molecular weight is 254 g/mol. The predicted octanol–water partition coefficient (Wildman–Crippen LogP) is 2.30. The number of hydrogen-bond donors (Lipinski definition) is 1. The van der Waals surface area contributed by atoms with Gasteiger partial charge in [-0.1, -0.05) is 6.07 Å². The summed E-state index contributed by atoms with van der Waals surface area (Å²) >= 11 is 3.30. The van der Waals surface area contributed by atoms with Gasteiger partial charge in [-0.3, -0.25) is 4.79 Å². The molecular weight excluding hydrogens is 246 g/mol. The van der Waals surface area contributed by atoms with Crippen molar-refractivity contribution in [3.05, 3.63) is 39.2 Å². The van der Waals surface area contributed by atoms with Crippen molar-refractivity contribution in [2.45, 2.75) is 0 Å². The summed E-state index contributed by atoms with van der Waals surface area (Å²) in [5, 5.41) is 1.82. The van der Waals surface area contributed by atoms with E-state index in [4.69, 9.17) is 4.74 Å². The standard InChI is InChI=1S/C10H8BrNO2/c1-14-7-3-2-6-4-9(13)12-10(11)8(6)5-7/h2-5H,1H3,(H,12,13). The number of H-pyrrole nitrogens is 1. The Morgan fingerprint density at radius 3 is 2.86 bits per heavy atom. The minimum Gasteiger partial charge on any atom is -0.497 e. The Morgan fingerprint density at radius 2 is 2.14 bits per heavy atom. The highest BCUT2D eigenvalue weighted by atomic mass is 79.9. The Morgan fingerprint density at radius 1 is 1.36 bits per heavy atom. The van der Waals surface area contributed by atoms with E-state index in [2.05, 4.69) is 20.9 Å². The number of nitrogens with one attached hydrogen (secondary N) is 1. The summed E-state index contributed by atoms with van der Waals surface area (Å²) in [5.41, 5.74) is -0.116. The van der Waals surface area contributed by atoms with Gasteiger partial charge in [0.05, 0.1) is 11.7 Å². The van der Waals surface area contributed by atoms with Crippen LogP contribution in [0.1, 0.15) is 0 Å². The Hall–Kier alpha value is -1.29. The molecule has 0 saturated heterocycles. The number of fused-ring (bicyclic) bond motifs is 1. The van der Waals surface area contributed by atoms with Gasteiger partial charge in [-0.2, -0.15) is 0 Å². The van der Waals surface area contributed by atoms with Gasteiger partial charge in [0, 0.05) is 11.5 Å². The van der Waals surface area contributed by atoms with Gasteiger partial charge in [0.1, 0.15) is 5.75 Å². The fourth-order valence-corrected chi connectivity index (χ4v) is 1.87. The zero-order chi connectivity index (χ0) is 10.1. The fourth-order valence-electron chi connectivity index (χ4n) is 1.33. The second-order valence-electron chi connectivity index (χ2n) is 2.90. The summed E-state index contributed by atoms with van der Waals surface area (Å²) in [6.45, 7) is 0. The van der Waals surface area contributed by atoms with E-state index >= 15 is 0 Å². The first-order valence-electron chi connectivity index (χ1n) is 4.07. The smallest absolute Gasteiger partial charge is 0.249 e. The van der Waals surface area contributed by atoms with E-state index in [1.807, 2.05) is 18.2 Å². The fraction of sp³-hybridized carbons (Fsp3) is 0.100. The van der Waals surface area contributed by atoms with Gasteiger partial charge in [-0.25, -0.2) is 0 Å². The molecule has 3 nitrogen and oxygen atoms in total. The largest absolute Gasteiger partial charge is 0.497 e. The second kappa shape index (κ2) is 3.46. The zero-order valence-corrected chi connectivity index (χ0v) is 9.09. The van der Waals surface area contributed by atoms with Crippen LogP contribution in [0, 0.1) is 0 Å². The lowest BCUT2D eigenvalue weighted by atomic mass is 10.2. The van der Waals surface area contributed by atoms with Gasteiger partial charge in [-0.15, -0.1) is 0 Å². The molecule has 1 heterocycles. The Balaban J connectivity index is 2.82. The van der Waals surface area contributed by atoms with Gasteiger partial charge in [0.25, 0.3) is 0 Å². The van der Waals surface area contributed by atoms with Crippen LogP contribution in [-0.4, -0.2) is 12.1 Å². The minimum absolute atomic E-state index is 0.116. The molecule has 2 aromatic rings. The SMILES string of the molecule is COc1ccc2cc(=O)[nH]c(Br)c2c1. The van der Waals surface area contributed by atoms with Crippen molar-refractivity contribution in [2.75, 3.05) is 7.11 Å². The molecule has 0 radical (unpaired) electrons. The molecule has 4 heteroatoms. The number of benzene rings is 1. The molecule has 0 amide bonds. The topological polar surface area (TPSA) is 42.1 Å². The third kappa shape index (κ3) is 1.53. The summed E-state index contributed by atoms with van der Waals surface area (Å²) < 4.78 is 5.77. The third-order valence-electron chi connectivity index (χ3n) is 2.02. The summed E-state index contributed by atoms with van der Waals surface area (Å²) in [4.78, 5) is 13.8. The van der Waals surface area contributed by atoms with Crippen molar-refractivity contribution in [3.63, 3.8) is 0 Å². The molecule has 0 bridgehead atoms. The molecule has 0 fully saturated rings. The number of pyridine rings is 1. The first-order chi connectivity index (χ1) is 6.70. The van der Waals surface area contributed by atoms with E-state index in [1.54, 1.807) is 13.2 Å². The number of ether oxygens (including phenoxy) is 1. The molecule has 0 aliphatic heterocycles. The van der Waals surface area contributed by atoms with E-state index < -0.39 is 0 Å². The molecule has 0 unspecified atom stereocenters. The quantitative estimate of drug-likeness (QED) is 0.793. The maximum absolute atomic E-state index is 11.1. The van der Waals surface area contributed by atoms with Gasteiger partial charge in [0.15, 0.2) is 0 Å². The molecule has 1 aromatic carbocycles. The number of aromatic amines is 1. The van der Waals surface area contributed by atoms with Crippen LogP contribution >= 0.6 is 15.9 Å². The highest BCUT2D eigenvalue weighted by Crippen LogP contribution is 2.24. The number of hydrogen-bond acceptors (Lipinski definition) is 2. The molecule has 2 rings (SSSR count). The molecule has 0 saturated carbocycles. The van der Waals surface area contributed by atoms with Crippen molar-refractivity contribution in [1.29, 1.82) is 0 Å². The monoisotopic (exact) mass is 253 g/mol. The van der Waals surface area contributed by atoms with Crippen LogP contribution in [-0.2, 0) is 0 Å². The van der Waals surface area contributed by atoms with Crippen molar-refractivity contribution in [1.82, 2.24) is 4.98 Å². The first-order valence-corrected chi connectivity index (χ1v) is 4.86. The molecule has 0 aliphatic rings. The molecular formula is C10H8BrNO2. The summed E-state index contributed by atoms with van der Waals surface area (Å²) in [5.74, 6) is 0.769. The molecule has 14 heavy (non-hydrogen) atoms. The molecule has 1 aromatic heterocycles. The maximum atomic E-state index is 11.1. The summed E-state index contributed by atoms with van der Waals surface area (Å²) in [7, 11) is 1.61. The van der Waals surface area contributed by atoms with Gasteiger partial charge >= 0.3 is 0 Å². The Labute approximate surface area is 88.8 Å².